The van der Waals surface area contributed by atoms with Crippen molar-refractivity contribution >= 4 is 11.4 Å². The molecule has 3 nitrogen and oxygen atoms in total. The van der Waals surface area contributed by atoms with Crippen LogP contribution >= 0.6 is 0 Å². The molecule has 0 saturated carbocycles. The zero-order valence-electron chi connectivity index (χ0n) is 12.1. The Morgan fingerprint density at radius 3 is 2.23 bits per heavy atom. The SMILES string of the molecule is COCCc1c(N)cc(N)cc1-c1ccc(C(F)(F)F)cc1. The Bertz CT molecular complexity index is 652. The van der Waals surface area contributed by atoms with Gasteiger partial charge in [-0.3, -0.25) is 0 Å². The molecule has 2 aromatic rings. The van der Waals surface area contributed by atoms with Gasteiger partial charge in [-0.2, -0.15) is 13.2 Å². The summed E-state index contributed by atoms with van der Waals surface area (Å²) in [5.41, 5.74) is 14.2. The fourth-order valence-corrected chi connectivity index (χ4v) is 2.30. The fourth-order valence-electron chi connectivity index (χ4n) is 2.30. The summed E-state index contributed by atoms with van der Waals surface area (Å²) in [6.45, 7) is 0.460. The minimum absolute atomic E-state index is 0.460. The second kappa shape index (κ2) is 6.27. The van der Waals surface area contributed by atoms with Gasteiger partial charge in [-0.05, 0) is 47.4 Å². The van der Waals surface area contributed by atoms with E-state index in [1.807, 2.05) is 0 Å². The maximum Gasteiger partial charge on any atom is 0.416 e. The van der Waals surface area contributed by atoms with Crippen LogP contribution in [0.15, 0.2) is 36.4 Å². The van der Waals surface area contributed by atoms with Crippen LogP contribution in [0.4, 0.5) is 24.5 Å². The first kappa shape index (κ1) is 16.2. The van der Waals surface area contributed by atoms with Crippen LogP contribution < -0.4 is 11.5 Å². The molecule has 0 heterocycles. The molecule has 0 aliphatic rings. The summed E-state index contributed by atoms with van der Waals surface area (Å²) in [4.78, 5) is 0. The number of ether oxygens (including phenoxy) is 1. The van der Waals surface area contributed by atoms with E-state index >= 15 is 0 Å². The van der Waals surface area contributed by atoms with Gasteiger partial charge in [0.05, 0.1) is 12.2 Å². The summed E-state index contributed by atoms with van der Waals surface area (Å²) < 4.78 is 43.0. The molecule has 0 radical (unpaired) electrons. The van der Waals surface area contributed by atoms with Crippen molar-refractivity contribution in [1.82, 2.24) is 0 Å². The van der Waals surface area contributed by atoms with E-state index in [4.69, 9.17) is 16.2 Å². The van der Waals surface area contributed by atoms with Gasteiger partial charge < -0.3 is 16.2 Å². The fraction of sp³-hybridized carbons (Fsp3) is 0.250. The zero-order chi connectivity index (χ0) is 16.3. The van der Waals surface area contributed by atoms with Gasteiger partial charge in [0, 0.05) is 18.5 Å². The van der Waals surface area contributed by atoms with E-state index in [1.54, 1.807) is 19.2 Å². The van der Waals surface area contributed by atoms with E-state index in [9.17, 15) is 13.2 Å². The highest BCUT2D eigenvalue weighted by molar-refractivity contribution is 5.77. The Kier molecular flexibility index (Phi) is 4.61. The van der Waals surface area contributed by atoms with Gasteiger partial charge in [-0.15, -0.1) is 0 Å². The summed E-state index contributed by atoms with van der Waals surface area (Å²) >= 11 is 0. The highest BCUT2D eigenvalue weighted by atomic mass is 19.4. The number of rotatable bonds is 4. The molecular formula is C16H17F3N2O. The Hall–Kier alpha value is -2.21. The maximum atomic E-state index is 12.6. The molecule has 0 amide bonds. The van der Waals surface area contributed by atoms with Gasteiger partial charge in [0.25, 0.3) is 0 Å². The number of hydrogen-bond donors (Lipinski definition) is 2. The second-order valence-electron chi connectivity index (χ2n) is 4.95. The molecular weight excluding hydrogens is 293 g/mol. The molecule has 0 spiro atoms. The number of nitrogen functional groups attached to an aromatic ring is 2. The van der Waals surface area contributed by atoms with E-state index in [-0.39, 0.29) is 0 Å². The van der Waals surface area contributed by atoms with E-state index < -0.39 is 11.7 Å². The number of hydrogen-bond acceptors (Lipinski definition) is 3. The third-order valence-electron chi connectivity index (χ3n) is 3.39. The predicted octanol–water partition coefficient (Wildman–Crippen LogP) is 3.73. The largest absolute Gasteiger partial charge is 0.416 e. The number of nitrogens with two attached hydrogens (primary N) is 2. The number of benzene rings is 2. The van der Waals surface area contributed by atoms with Crippen LogP contribution in [0.5, 0.6) is 0 Å². The van der Waals surface area contributed by atoms with Crippen LogP contribution in [-0.4, -0.2) is 13.7 Å². The van der Waals surface area contributed by atoms with Gasteiger partial charge in [0.15, 0.2) is 0 Å². The molecule has 118 valence electrons. The molecule has 0 saturated heterocycles. The average molecular weight is 310 g/mol. The first-order valence-corrected chi connectivity index (χ1v) is 6.67. The highest BCUT2D eigenvalue weighted by Gasteiger charge is 2.30. The predicted molar refractivity (Wildman–Crippen MR) is 81.3 cm³/mol. The van der Waals surface area contributed by atoms with Crippen LogP contribution in [-0.2, 0) is 17.3 Å². The average Bonchev–Trinajstić information content (AvgIpc) is 2.45. The first-order valence-electron chi connectivity index (χ1n) is 6.67. The lowest BCUT2D eigenvalue weighted by molar-refractivity contribution is -0.137. The van der Waals surface area contributed by atoms with Crippen molar-refractivity contribution in [2.45, 2.75) is 12.6 Å². The smallest absolute Gasteiger partial charge is 0.399 e. The quantitative estimate of drug-likeness (QED) is 0.846. The van der Waals surface area contributed by atoms with Gasteiger partial charge >= 0.3 is 6.18 Å². The molecule has 0 aliphatic carbocycles. The van der Waals surface area contributed by atoms with Crippen LogP contribution in [0.3, 0.4) is 0 Å². The highest BCUT2D eigenvalue weighted by Crippen LogP contribution is 2.34. The molecule has 0 unspecified atom stereocenters. The Morgan fingerprint density at radius 2 is 1.68 bits per heavy atom. The first-order chi connectivity index (χ1) is 10.3. The van der Waals surface area contributed by atoms with Crippen molar-refractivity contribution in [2.24, 2.45) is 0 Å². The summed E-state index contributed by atoms with van der Waals surface area (Å²) in [7, 11) is 1.57. The summed E-state index contributed by atoms with van der Waals surface area (Å²) in [5.74, 6) is 0. The van der Waals surface area contributed by atoms with Crippen molar-refractivity contribution < 1.29 is 17.9 Å². The van der Waals surface area contributed by atoms with Gasteiger partial charge in [0.1, 0.15) is 0 Å². The molecule has 2 rings (SSSR count). The van der Waals surface area contributed by atoms with Crippen molar-refractivity contribution in [1.29, 1.82) is 0 Å². The lowest BCUT2D eigenvalue weighted by Crippen LogP contribution is -2.05. The third-order valence-corrected chi connectivity index (χ3v) is 3.39. The van der Waals surface area contributed by atoms with Gasteiger partial charge in [-0.1, -0.05) is 12.1 Å². The normalized spacial score (nSPS) is 11.6. The molecule has 0 bridgehead atoms. The van der Waals surface area contributed by atoms with Crippen LogP contribution in [0.25, 0.3) is 11.1 Å². The topological polar surface area (TPSA) is 61.3 Å². The zero-order valence-corrected chi connectivity index (χ0v) is 12.1. The molecule has 0 aromatic heterocycles. The number of halogens is 3. The second-order valence-corrected chi connectivity index (χ2v) is 4.95. The summed E-state index contributed by atoms with van der Waals surface area (Å²) in [5, 5.41) is 0. The number of methoxy groups -OCH3 is 1. The lowest BCUT2D eigenvalue weighted by Gasteiger charge is -2.15. The van der Waals surface area contributed by atoms with E-state index in [0.717, 1.165) is 23.3 Å². The van der Waals surface area contributed by atoms with Crippen molar-refractivity contribution in [2.75, 3.05) is 25.2 Å². The Balaban J connectivity index is 2.47. The Morgan fingerprint density at radius 1 is 1.05 bits per heavy atom. The van der Waals surface area contributed by atoms with Crippen molar-refractivity contribution in [3.63, 3.8) is 0 Å². The number of alkyl halides is 3. The molecule has 0 fully saturated rings. The van der Waals surface area contributed by atoms with Crippen molar-refractivity contribution in [3.8, 4) is 11.1 Å². The molecule has 4 N–H and O–H groups in total. The summed E-state index contributed by atoms with van der Waals surface area (Å²) in [6.07, 6.45) is -3.80. The molecule has 6 heteroatoms. The van der Waals surface area contributed by atoms with Gasteiger partial charge in [0.2, 0.25) is 0 Å². The van der Waals surface area contributed by atoms with Crippen molar-refractivity contribution in [3.05, 3.63) is 47.5 Å². The minimum atomic E-state index is -4.36. The molecule has 0 aliphatic heterocycles. The standard InChI is InChI=1S/C16H17F3N2O/c1-22-7-6-13-14(8-12(20)9-15(13)21)10-2-4-11(5-3-10)16(17,18)19/h2-5,8-9H,6-7,20-21H2,1H3. The van der Waals surface area contributed by atoms with E-state index in [2.05, 4.69) is 0 Å². The third kappa shape index (κ3) is 3.51. The minimum Gasteiger partial charge on any atom is -0.399 e. The Labute approximate surface area is 126 Å². The van der Waals surface area contributed by atoms with Gasteiger partial charge in [-0.25, -0.2) is 0 Å². The molecule has 0 atom stereocenters. The summed E-state index contributed by atoms with van der Waals surface area (Å²) in [6, 6.07) is 8.30. The molecule has 22 heavy (non-hydrogen) atoms. The lowest BCUT2D eigenvalue weighted by atomic mass is 9.95. The van der Waals surface area contributed by atoms with Crippen LogP contribution in [0, 0.1) is 0 Å². The van der Waals surface area contributed by atoms with E-state index in [0.29, 0.717) is 30.0 Å². The monoisotopic (exact) mass is 310 g/mol. The van der Waals surface area contributed by atoms with Crippen LogP contribution in [0.1, 0.15) is 11.1 Å². The van der Waals surface area contributed by atoms with Crippen LogP contribution in [0.2, 0.25) is 0 Å². The number of anilines is 2. The van der Waals surface area contributed by atoms with E-state index in [1.165, 1.54) is 12.1 Å². The maximum absolute atomic E-state index is 12.6. The molecule has 2 aromatic carbocycles.